The molecule has 1 aliphatic heterocycles. The highest BCUT2D eigenvalue weighted by Gasteiger charge is 2.30. The van der Waals surface area contributed by atoms with Gasteiger partial charge in [0, 0.05) is 11.3 Å². The summed E-state index contributed by atoms with van der Waals surface area (Å²) in [7, 11) is 0. The number of carbonyl (C=O) groups excluding carboxylic acids is 2. The number of carbonyl (C=O) groups is 2. The number of allylic oxidation sites excluding steroid dienone is 2. The standard InChI is InChI=1S/C7H5NO2/c9-6-4-2-1-3-5(4)8-7(6)10/h1,3H,2H2,(H,8,9,10). The summed E-state index contributed by atoms with van der Waals surface area (Å²) in [6.07, 6.45) is 4.23. The Morgan fingerprint density at radius 1 is 1.40 bits per heavy atom. The van der Waals surface area contributed by atoms with Crippen LogP contribution in [0, 0.1) is 0 Å². The average Bonchev–Trinajstić information content (AvgIpc) is 2.41. The molecule has 0 bridgehead atoms. The summed E-state index contributed by atoms with van der Waals surface area (Å²) in [5.74, 6) is -0.866. The lowest BCUT2D eigenvalue weighted by atomic mass is 10.2. The fourth-order valence-corrected chi connectivity index (χ4v) is 1.15. The van der Waals surface area contributed by atoms with Gasteiger partial charge in [-0.25, -0.2) is 0 Å². The Hall–Kier alpha value is -1.38. The van der Waals surface area contributed by atoms with E-state index >= 15 is 0 Å². The molecule has 0 aromatic heterocycles. The lowest BCUT2D eigenvalue weighted by Crippen LogP contribution is -2.21. The molecule has 0 aromatic rings. The molecule has 0 radical (unpaired) electrons. The van der Waals surface area contributed by atoms with Crippen molar-refractivity contribution in [3.05, 3.63) is 23.4 Å². The number of amides is 1. The summed E-state index contributed by atoms with van der Waals surface area (Å²) in [4.78, 5) is 21.5. The van der Waals surface area contributed by atoms with Crippen LogP contribution >= 0.6 is 0 Å². The minimum Gasteiger partial charge on any atom is -0.319 e. The maximum Gasteiger partial charge on any atom is 0.296 e. The molecule has 1 heterocycles. The predicted octanol–water partition coefficient (Wildman–Crippen LogP) is -0.101. The second-order valence-corrected chi connectivity index (χ2v) is 2.28. The number of hydrogen-bond donors (Lipinski definition) is 1. The summed E-state index contributed by atoms with van der Waals surface area (Å²) >= 11 is 0. The Labute approximate surface area is 57.4 Å². The molecule has 1 aliphatic carbocycles. The van der Waals surface area contributed by atoms with Gasteiger partial charge in [0.2, 0.25) is 5.78 Å². The van der Waals surface area contributed by atoms with Crippen molar-refractivity contribution in [1.82, 2.24) is 5.32 Å². The van der Waals surface area contributed by atoms with Crippen molar-refractivity contribution in [1.29, 1.82) is 0 Å². The first-order valence-corrected chi connectivity index (χ1v) is 3.04. The van der Waals surface area contributed by atoms with E-state index in [4.69, 9.17) is 0 Å². The quantitative estimate of drug-likeness (QED) is 0.471. The zero-order chi connectivity index (χ0) is 7.14. The van der Waals surface area contributed by atoms with Crippen LogP contribution in [0.15, 0.2) is 23.4 Å². The van der Waals surface area contributed by atoms with Crippen LogP contribution < -0.4 is 5.32 Å². The van der Waals surface area contributed by atoms with Crippen molar-refractivity contribution >= 4 is 11.7 Å². The van der Waals surface area contributed by atoms with Crippen molar-refractivity contribution < 1.29 is 9.59 Å². The molecular formula is C7H5NO2. The van der Waals surface area contributed by atoms with Crippen LogP contribution in [-0.2, 0) is 9.59 Å². The van der Waals surface area contributed by atoms with Crippen molar-refractivity contribution in [2.24, 2.45) is 0 Å². The second-order valence-electron chi connectivity index (χ2n) is 2.28. The highest BCUT2D eigenvalue weighted by molar-refractivity contribution is 6.45. The number of ketones is 1. The number of rotatable bonds is 0. The molecule has 3 heteroatoms. The van der Waals surface area contributed by atoms with Crippen LogP contribution in [0.3, 0.4) is 0 Å². The highest BCUT2D eigenvalue weighted by Crippen LogP contribution is 2.21. The smallest absolute Gasteiger partial charge is 0.296 e. The highest BCUT2D eigenvalue weighted by atomic mass is 16.2. The molecule has 10 heavy (non-hydrogen) atoms. The Bertz CT molecular complexity index is 286. The van der Waals surface area contributed by atoms with E-state index in [1.165, 1.54) is 0 Å². The van der Waals surface area contributed by atoms with E-state index in [1.54, 1.807) is 6.08 Å². The first-order valence-electron chi connectivity index (χ1n) is 3.04. The monoisotopic (exact) mass is 135 g/mol. The fraction of sp³-hybridized carbons (Fsp3) is 0.143. The average molecular weight is 135 g/mol. The van der Waals surface area contributed by atoms with Gasteiger partial charge in [-0.3, -0.25) is 9.59 Å². The molecule has 0 unspecified atom stereocenters. The van der Waals surface area contributed by atoms with Crippen LogP contribution in [0.1, 0.15) is 6.42 Å². The van der Waals surface area contributed by atoms with Crippen molar-refractivity contribution in [2.75, 3.05) is 0 Å². The van der Waals surface area contributed by atoms with E-state index in [0.717, 1.165) is 0 Å². The van der Waals surface area contributed by atoms with Crippen molar-refractivity contribution in [3.8, 4) is 0 Å². The van der Waals surface area contributed by atoms with E-state index in [1.807, 2.05) is 6.08 Å². The van der Waals surface area contributed by atoms with Gasteiger partial charge in [0.15, 0.2) is 0 Å². The third kappa shape index (κ3) is 0.492. The number of nitrogens with one attached hydrogen (secondary N) is 1. The molecule has 0 fully saturated rings. The van der Waals surface area contributed by atoms with Gasteiger partial charge in [-0.05, 0) is 12.5 Å². The number of hydrogen-bond acceptors (Lipinski definition) is 2. The molecule has 0 spiro atoms. The van der Waals surface area contributed by atoms with E-state index < -0.39 is 5.91 Å². The Kier molecular flexibility index (Phi) is 0.845. The molecule has 0 saturated carbocycles. The topological polar surface area (TPSA) is 46.2 Å². The normalized spacial score (nSPS) is 22.0. The molecule has 2 rings (SSSR count). The minimum atomic E-state index is -0.491. The van der Waals surface area contributed by atoms with E-state index in [9.17, 15) is 9.59 Å². The van der Waals surface area contributed by atoms with Crippen LogP contribution in [0.5, 0.6) is 0 Å². The van der Waals surface area contributed by atoms with Crippen molar-refractivity contribution in [2.45, 2.75) is 6.42 Å². The second kappa shape index (κ2) is 1.56. The summed E-state index contributed by atoms with van der Waals surface area (Å²) in [6, 6.07) is 0. The van der Waals surface area contributed by atoms with Gasteiger partial charge in [-0.2, -0.15) is 0 Å². The van der Waals surface area contributed by atoms with Crippen LogP contribution in [0.4, 0.5) is 0 Å². The van der Waals surface area contributed by atoms with Gasteiger partial charge >= 0.3 is 0 Å². The van der Waals surface area contributed by atoms with Gasteiger partial charge in [0.1, 0.15) is 0 Å². The zero-order valence-corrected chi connectivity index (χ0v) is 5.18. The largest absolute Gasteiger partial charge is 0.319 e. The summed E-state index contributed by atoms with van der Waals surface area (Å²) in [5, 5.41) is 2.47. The van der Waals surface area contributed by atoms with Gasteiger partial charge in [0.05, 0.1) is 0 Å². The Morgan fingerprint density at radius 3 is 2.90 bits per heavy atom. The first kappa shape index (κ1) is 5.41. The number of Topliss-reactive ketones (excluding diaryl/α,β-unsaturated/α-hetero) is 1. The lowest BCUT2D eigenvalue weighted by molar-refractivity contribution is -0.134. The zero-order valence-electron chi connectivity index (χ0n) is 5.18. The SMILES string of the molecule is O=C1NC2=C(CC=C2)C1=O. The molecule has 1 amide bonds. The van der Waals surface area contributed by atoms with Gasteiger partial charge in [-0.1, -0.05) is 6.08 Å². The third-order valence-electron chi connectivity index (χ3n) is 1.66. The van der Waals surface area contributed by atoms with E-state index in [2.05, 4.69) is 5.32 Å². The summed E-state index contributed by atoms with van der Waals surface area (Å²) in [6.45, 7) is 0. The molecule has 0 saturated heterocycles. The molecule has 0 atom stereocenters. The van der Waals surface area contributed by atoms with Crippen molar-refractivity contribution in [3.63, 3.8) is 0 Å². The summed E-state index contributed by atoms with van der Waals surface area (Å²) in [5.41, 5.74) is 1.31. The van der Waals surface area contributed by atoms with Gasteiger partial charge in [-0.15, -0.1) is 0 Å². The fourth-order valence-electron chi connectivity index (χ4n) is 1.15. The maximum atomic E-state index is 10.9. The van der Waals surface area contributed by atoms with Gasteiger partial charge in [0.25, 0.3) is 5.91 Å². The van der Waals surface area contributed by atoms with E-state index in [-0.39, 0.29) is 5.78 Å². The summed E-state index contributed by atoms with van der Waals surface area (Å²) < 4.78 is 0. The minimum absolute atomic E-state index is 0.375. The lowest BCUT2D eigenvalue weighted by Gasteiger charge is -1.88. The van der Waals surface area contributed by atoms with E-state index in [0.29, 0.717) is 17.7 Å². The Morgan fingerprint density at radius 2 is 2.20 bits per heavy atom. The third-order valence-corrected chi connectivity index (χ3v) is 1.66. The molecule has 1 N–H and O–H groups in total. The molecule has 2 aliphatic rings. The first-order chi connectivity index (χ1) is 4.79. The van der Waals surface area contributed by atoms with Crippen LogP contribution in [0.2, 0.25) is 0 Å². The predicted molar refractivity (Wildman–Crippen MR) is 33.9 cm³/mol. The van der Waals surface area contributed by atoms with Gasteiger partial charge < -0.3 is 5.32 Å². The maximum absolute atomic E-state index is 10.9. The molecule has 0 aromatic carbocycles. The molecule has 3 nitrogen and oxygen atoms in total. The Balaban J connectivity index is 2.45. The molecule has 50 valence electrons. The molecular weight excluding hydrogens is 130 g/mol. The van der Waals surface area contributed by atoms with Crippen LogP contribution in [-0.4, -0.2) is 11.7 Å². The van der Waals surface area contributed by atoms with Crippen LogP contribution in [0.25, 0.3) is 0 Å².